The molecule has 0 saturated heterocycles. The first-order valence-corrected chi connectivity index (χ1v) is 2.98. The molecule has 0 radical (unpaired) electrons. The Bertz CT molecular complexity index is 153. The largest absolute Gasteiger partial charge is 2.00 e. The normalized spacial score (nSPS) is 8.73. The number of carbonyl (C=O) groups excluding carboxylic acids is 3. The first-order valence-electron chi connectivity index (χ1n) is 2.98. The molecule has 0 amide bonds. The molecule has 4 heteroatoms. The topological polar surface area (TPSA) is 51.2 Å². The molecule has 11 heavy (non-hydrogen) atoms. The van der Waals surface area contributed by atoms with E-state index in [1.165, 1.54) is 20.8 Å². The van der Waals surface area contributed by atoms with E-state index in [1.807, 2.05) is 0 Å². The van der Waals surface area contributed by atoms with Gasteiger partial charge in [-0.25, -0.2) is 0 Å². The van der Waals surface area contributed by atoms with Crippen LogP contribution in [0.25, 0.3) is 0 Å². The first-order chi connectivity index (χ1) is 4.46. The Kier molecular flexibility index (Phi) is 7.88. The Morgan fingerprint density at radius 1 is 0.818 bits per heavy atom. The van der Waals surface area contributed by atoms with Crippen molar-refractivity contribution in [1.29, 1.82) is 0 Å². The van der Waals surface area contributed by atoms with Gasteiger partial charge in [0.05, 0.1) is 0 Å². The molecule has 0 aromatic rings. The van der Waals surface area contributed by atoms with E-state index >= 15 is 0 Å². The van der Waals surface area contributed by atoms with Crippen molar-refractivity contribution < 1.29 is 14.4 Å². The summed E-state index contributed by atoms with van der Waals surface area (Å²) in [5.74, 6) is -2.15. The number of carbonyl (C=O) groups is 3. The van der Waals surface area contributed by atoms with Crippen LogP contribution < -0.4 is 0 Å². The standard InChI is InChI=1S/C7H10O3.Ba/c1-4(8)7(5(2)9)6(3)10;/h7H,1-3H3;/q;+2. The minimum Gasteiger partial charge on any atom is -0.299 e. The van der Waals surface area contributed by atoms with Crippen molar-refractivity contribution in [3.63, 3.8) is 0 Å². The summed E-state index contributed by atoms with van der Waals surface area (Å²) in [6.45, 7) is 3.73. The van der Waals surface area contributed by atoms with Gasteiger partial charge in [-0.2, -0.15) is 0 Å². The fourth-order valence-corrected chi connectivity index (χ4v) is 0.859. The average Bonchev–Trinajstić information content (AvgIpc) is 1.59. The molecule has 0 saturated carbocycles. The number of rotatable bonds is 3. The summed E-state index contributed by atoms with van der Waals surface area (Å²) in [6.07, 6.45) is 0. The third kappa shape index (κ3) is 4.92. The summed E-state index contributed by atoms with van der Waals surface area (Å²) in [5, 5.41) is 0. The molecule has 0 heterocycles. The minimum atomic E-state index is -1.03. The Labute approximate surface area is 106 Å². The van der Waals surface area contributed by atoms with Crippen LogP contribution in [0.5, 0.6) is 0 Å². The van der Waals surface area contributed by atoms with Gasteiger partial charge in [-0.1, -0.05) is 0 Å². The zero-order valence-electron chi connectivity index (χ0n) is 7.01. The van der Waals surface area contributed by atoms with Crippen LogP contribution in [0.1, 0.15) is 20.8 Å². The van der Waals surface area contributed by atoms with Crippen molar-refractivity contribution in [2.45, 2.75) is 20.8 Å². The van der Waals surface area contributed by atoms with Crippen molar-refractivity contribution in [2.75, 3.05) is 0 Å². The van der Waals surface area contributed by atoms with Gasteiger partial charge in [0, 0.05) is 0 Å². The third-order valence-electron chi connectivity index (χ3n) is 1.22. The molecule has 0 aromatic carbocycles. The van der Waals surface area contributed by atoms with Gasteiger partial charge >= 0.3 is 48.9 Å². The summed E-state index contributed by atoms with van der Waals surface area (Å²) in [6, 6.07) is 0. The second-order valence-electron chi connectivity index (χ2n) is 2.26. The molecular formula is C7H10BaO3+2. The van der Waals surface area contributed by atoms with Crippen LogP contribution in [0.4, 0.5) is 0 Å². The SMILES string of the molecule is CC(=O)C(C(C)=O)C(C)=O.[Ba+2]. The minimum absolute atomic E-state index is 0. The smallest absolute Gasteiger partial charge is 0.299 e. The van der Waals surface area contributed by atoms with Crippen LogP contribution in [-0.2, 0) is 14.4 Å². The Morgan fingerprint density at radius 2 is 1.00 bits per heavy atom. The van der Waals surface area contributed by atoms with E-state index in [0.29, 0.717) is 0 Å². The maximum atomic E-state index is 10.6. The molecule has 0 bridgehead atoms. The third-order valence-corrected chi connectivity index (χ3v) is 1.22. The van der Waals surface area contributed by atoms with Gasteiger partial charge in [0.25, 0.3) is 0 Å². The molecule has 0 rings (SSSR count). The zero-order chi connectivity index (χ0) is 8.31. The molecule has 0 fully saturated rings. The van der Waals surface area contributed by atoms with E-state index in [9.17, 15) is 14.4 Å². The second-order valence-corrected chi connectivity index (χ2v) is 2.26. The zero-order valence-corrected chi connectivity index (χ0v) is 11.4. The summed E-state index contributed by atoms with van der Waals surface area (Å²) < 4.78 is 0. The van der Waals surface area contributed by atoms with E-state index < -0.39 is 5.92 Å². The van der Waals surface area contributed by atoms with Crippen LogP contribution in [0, 0.1) is 5.92 Å². The second kappa shape index (κ2) is 6.14. The molecule has 0 aliphatic heterocycles. The Balaban J connectivity index is 0. The van der Waals surface area contributed by atoms with Crippen LogP contribution in [0.3, 0.4) is 0 Å². The van der Waals surface area contributed by atoms with Crippen molar-refractivity contribution >= 4 is 66.2 Å². The Morgan fingerprint density at radius 3 is 1.00 bits per heavy atom. The molecular weight excluding hydrogens is 269 g/mol. The van der Waals surface area contributed by atoms with E-state index in [-0.39, 0.29) is 66.2 Å². The Hall–Kier alpha value is 0.581. The van der Waals surface area contributed by atoms with Gasteiger partial charge in [-0.15, -0.1) is 0 Å². The molecule has 0 aromatic heterocycles. The molecule has 0 atom stereocenters. The molecule has 3 nitrogen and oxygen atoms in total. The fraction of sp³-hybridized carbons (Fsp3) is 0.571. The van der Waals surface area contributed by atoms with Gasteiger partial charge < -0.3 is 0 Å². The number of ketones is 3. The van der Waals surface area contributed by atoms with Gasteiger partial charge in [0.1, 0.15) is 23.3 Å². The van der Waals surface area contributed by atoms with E-state index in [4.69, 9.17) is 0 Å². The molecule has 0 spiro atoms. The first kappa shape index (κ1) is 14.1. The summed E-state index contributed by atoms with van der Waals surface area (Å²) in [5.41, 5.74) is 0. The van der Waals surface area contributed by atoms with Crippen LogP contribution >= 0.6 is 0 Å². The van der Waals surface area contributed by atoms with Crippen molar-refractivity contribution in [2.24, 2.45) is 5.92 Å². The molecule has 0 unspecified atom stereocenters. The van der Waals surface area contributed by atoms with E-state index in [2.05, 4.69) is 0 Å². The van der Waals surface area contributed by atoms with Crippen LogP contribution in [0.15, 0.2) is 0 Å². The number of hydrogen-bond acceptors (Lipinski definition) is 3. The molecule has 0 aliphatic carbocycles. The maximum Gasteiger partial charge on any atom is 2.00 e. The monoisotopic (exact) mass is 280 g/mol. The van der Waals surface area contributed by atoms with Gasteiger partial charge in [0.2, 0.25) is 0 Å². The van der Waals surface area contributed by atoms with E-state index in [1.54, 1.807) is 0 Å². The molecule has 56 valence electrons. The van der Waals surface area contributed by atoms with Crippen molar-refractivity contribution in [3.05, 3.63) is 0 Å². The quantitative estimate of drug-likeness (QED) is 0.539. The average molecular weight is 279 g/mol. The van der Waals surface area contributed by atoms with Crippen molar-refractivity contribution in [1.82, 2.24) is 0 Å². The molecule has 0 aliphatic rings. The fourth-order valence-electron chi connectivity index (χ4n) is 0.859. The van der Waals surface area contributed by atoms with Crippen LogP contribution in [0.2, 0.25) is 0 Å². The summed E-state index contributed by atoms with van der Waals surface area (Å²) in [4.78, 5) is 31.8. The van der Waals surface area contributed by atoms with Gasteiger partial charge in [-0.05, 0) is 20.8 Å². The molecule has 0 N–H and O–H groups in total. The van der Waals surface area contributed by atoms with E-state index in [0.717, 1.165) is 0 Å². The predicted octanol–water partition coefficient (Wildman–Crippen LogP) is -0.0112. The van der Waals surface area contributed by atoms with Gasteiger partial charge in [-0.3, -0.25) is 14.4 Å². The van der Waals surface area contributed by atoms with Crippen LogP contribution in [-0.4, -0.2) is 66.2 Å². The number of hydrogen-bond donors (Lipinski definition) is 0. The van der Waals surface area contributed by atoms with Gasteiger partial charge in [0.15, 0.2) is 0 Å². The maximum absolute atomic E-state index is 10.6. The summed E-state index contributed by atoms with van der Waals surface area (Å²) in [7, 11) is 0. The predicted molar refractivity (Wildman–Crippen MR) is 41.3 cm³/mol. The van der Waals surface area contributed by atoms with Crippen molar-refractivity contribution in [3.8, 4) is 0 Å². The summed E-state index contributed by atoms with van der Waals surface area (Å²) >= 11 is 0. The number of Topliss-reactive ketones (excluding diaryl/α,β-unsaturated/α-hetero) is 3.